The SMILES string of the molecule is COC(=O)c1ccccc1C(=O)OCc1ccc(OC)cc1. The van der Waals surface area contributed by atoms with E-state index in [2.05, 4.69) is 4.74 Å². The number of methoxy groups -OCH3 is 2. The number of hydrogen-bond acceptors (Lipinski definition) is 5. The van der Waals surface area contributed by atoms with Crippen LogP contribution in [0.5, 0.6) is 5.75 Å². The molecule has 2 rings (SSSR count). The van der Waals surface area contributed by atoms with Crippen LogP contribution in [-0.4, -0.2) is 26.2 Å². The van der Waals surface area contributed by atoms with Gasteiger partial charge in [0.1, 0.15) is 12.4 Å². The fourth-order valence-electron chi connectivity index (χ4n) is 1.90. The van der Waals surface area contributed by atoms with Gasteiger partial charge in [0.25, 0.3) is 0 Å². The summed E-state index contributed by atoms with van der Waals surface area (Å²) in [6, 6.07) is 13.6. The highest BCUT2D eigenvalue weighted by Gasteiger charge is 2.18. The standard InChI is InChI=1S/C17H16O5/c1-20-13-9-7-12(8-10-13)11-22-17(19)15-6-4-3-5-14(15)16(18)21-2/h3-10H,11H2,1-2H3. The first-order valence-electron chi connectivity index (χ1n) is 6.63. The zero-order valence-corrected chi connectivity index (χ0v) is 12.4. The molecule has 0 atom stereocenters. The Morgan fingerprint density at radius 1 is 0.864 bits per heavy atom. The van der Waals surface area contributed by atoms with Crippen molar-refractivity contribution in [3.05, 3.63) is 65.2 Å². The molecule has 0 aliphatic rings. The minimum absolute atomic E-state index is 0.109. The molecule has 22 heavy (non-hydrogen) atoms. The van der Waals surface area contributed by atoms with Crippen LogP contribution in [0.4, 0.5) is 0 Å². The van der Waals surface area contributed by atoms with Gasteiger partial charge in [0, 0.05) is 0 Å². The summed E-state index contributed by atoms with van der Waals surface area (Å²) in [7, 11) is 2.85. The maximum absolute atomic E-state index is 12.1. The van der Waals surface area contributed by atoms with Crippen LogP contribution in [0.15, 0.2) is 48.5 Å². The molecule has 0 unspecified atom stereocenters. The van der Waals surface area contributed by atoms with Gasteiger partial charge in [-0.05, 0) is 29.8 Å². The van der Waals surface area contributed by atoms with Gasteiger partial charge in [-0.25, -0.2) is 9.59 Å². The second kappa shape index (κ2) is 7.26. The lowest BCUT2D eigenvalue weighted by Gasteiger charge is -2.08. The maximum Gasteiger partial charge on any atom is 0.339 e. The first kappa shape index (κ1) is 15.6. The van der Waals surface area contributed by atoms with E-state index in [4.69, 9.17) is 9.47 Å². The van der Waals surface area contributed by atoms with Gasteiger partial charge in [0.05, 0.1) is 25.3 Å². The summed E-state index contributed by atoms with van der Waals surface area (Å²) in [5, 5.41) is 0. The Labute approximate surface area is 128 Å². The van der Waals surface area contributed by atoms with Crippen LogP contribution in [0.2, 0.25) is 0 Å². The molecule has 0 spiro atoms. The molecule has 0 radical (unpaired) electrons. The van der Waals surface area contributed by atoms with Crippen molar-refractivity contribution >= 4 is 11.9 Å². The van der Waals surface area contributed by atoms with Gasteiger partial charge in [-0.1, -0.05) is 24.3 Å². The quantitative estimate of drug-likeness (QED) is 0.795. The number of benzene rings is 2. The van der Waals surface area contributed by atoms with Crippen molar-refractivity contribution in [2.45, 2.75) is 6.61 Å². The molecule has 0 fully saturated rings. The topological polar surface area (TPSA) is 61.8 Å². The molecule has 2 aromatic carbocycles. The second-order valence-electron chi connectivity index (χ2n) is 4.46. The Morgan fingerprint density at radius 2 is 1.45 bits per heavy atom. The number of hydrogen-bond donors (Lipinski definition) is 0. The van der Waals surface area contributed by atoms with Gasteiger partial charge in [0.2, 0.25) is 0 Å². The molecule has 0 aliphatic carbocycles. The molecule has 5 nitrogen and oxygen atoms in total. The highest BCUT2D eigenvalue weighted by Crippen LogP contribution is 2.15. The lowest BCUT2D eigenvalue weighted by Crippen LogP contribution is -2.12. The van der Waals surface area contributed by atoms with Crippen molar-refractivity contribution in [3.63, 3.8) is 0 Å². The third-order valence-corrected chi connectivity index (χ3v) is 3.08. The first-order chi connectivity index (χ1) is 10.7. The Balaban J connectivity index is 2.07. The molecule has 0 aliphatic heterocycles. The van der Waals surface area contributed by atoms with Crippen molar-refractivity contribution in [3.8, 4) is 5.75 Å². The van der Waals surface area contributed by atoms with E-state index in [-0.39, 0.29) is 17.7 Å². The minimum Gasteiger partial charge on any atom is -0.497 e. The normalized spacial score (nSPS) is 9.91. The van der Waals surface area contributed by atoms with Crippen molar-refractivity contribution in [1.29, 1.82) is 0 Å². The molecule has 0 heterocycles. The summed E-state index contributed by atoms with van der Waals surface area (Å²) in [5.41, 5.74) is 1.19. The van der Waals surface area contributed by atoms with E-state index in [0.29, 0.717) is 0 Å². The van der Waals surface area contributed by atoms with Crippen molar-refractivity contribution in [2.75, 3.05) is 14.2 Å². The molecule has 0 amide bonds. The molecule has 0 N–H and O–H groups in total. The summed E-state index contributed by atoms with van der Waals surface area (Å²) in [4.78, 5) is 23.8. The van der Waals surface area contributed by atoms with E-state index in [1.807, 2.05) is 0 Å². The lowest BCUT2D eigenvalue weighted by molar-refractivity contribution is 0.0457. The number of carbonyl (C=O) groups excluding carboxylic acids is 2. The average Bonchev–Trinajstić information content (AvgIpc) is 2.59. The number of carbonyl (C=O) groups is 2. The fraction of sp³-hybridized carbons (Fsp3) is 0.176. The highest BCUT2D eigenvalue weighted by atomic mass is 16.5. The Morgan fingerprint density at radius 3 is 2.00 bits per heavy atom. The summed E-state index contributed by atoms with van der Waals surface area (Å²) < 4.78 is 14.9. The van der Waals surface area contributed by atoms with Crippen LogP contribution < -0.4 is 4.74 Å². The minimum atomic E-state index is -0.572. The molecular weight excluding hydrogens is 284 g/mol. The van der Waals surface area contributed by atoms with Crippen LogP contribution in [-0.2, 0) is 16.1 Å². The van der Waals surface area contributed by atoms with Crippen LogP contribution in [0, 0.1) is 0 Å². The smallest absolute Gasteiger partial charge is 0.339 e. The van der Waals surface area contributed by atoms with Gasteiger partial charge < -0.3 is 14.2 Å². The Bertz CT molecular complexity index is 661. The largest absolute Gasteiger partial charge is 0.497 e. The van der Waals surface area contributed by atoms with E-state index >= 15 is 0 Å². The number of esters is 2. The predicted octanol–water partition coefficient (Wildman–Crippen LogP) is 2.84. The molecule has 0 saturated heterocycles. The van der Waals surface area contributed by atoms with Gasteiger partial charge in [-0.2, -0.15) is 0 Å². The molecular formula is C17H16O5. The average molecular weight is 300 g/mol. The van der Waals surface area contributed by atoms with Crippen LogP contribution >= 0.6 is 0 Å². The van der Waals surface area contributed by atoms with E-state index in [0.717, 1.165) is 11.3 Å². The van der Waals surface area contributed by atoms with Crippen molar-refractivity contribution in [1.82, 2.24) is 0 Å². The van der Waals surface area contributed by atoms with Gasteiger partial charge >= 0.3 is 11.9 Å². The second-order valence-corrected chi connectivity index (χ2v) is 4.46. The summed E-state index contributed by atoms with van der Waals surface area (Å²) in [6.07, 6.45) is 0. The zero-order chi connectivity index (χ0) is 15.9. The monoisotopic (exact) mass is 300 g/mol. The molecule has 114 valence electrons. The number of rotatable bonds is 5. The summed E-state index contributed by atoms with van der Waals surface area (Å²) in [6.45, 7) is 0.109. The van der Waals surface area contributed by atoms with Gasteiger partial charge in [-0.3, -0.25) is 0 Å². The van der Waals surface area contributed by atoms with Gasteiger partial charge in [0.15, 0.2) is 0 Å². The summed E-state index contributed by atoms with van der Waals surface area (Å²) in [5.74, 6) is -0.417. The third-order valence-electron chi connectivity index (χ3n) is 3.08. The van der Waals surface area contributed by atoms with E-state index in [1.165, 1.54) is 19.2 Å². The molecule has 0 aromatic heterocycles. The predicted molar refractivity (Wildman–Crippen MR) is 79.9 cm³/mol. The van der Waals surface area contributed by atoms with E-state index < -0.39 is 11.9 Å². The van der Waals surface area contributed by atoms with Crippen LogP contribution in [0.1, 0.15) is 26.3 Å². The van der Waals surface area contributed by atoms with Crippen molar-refractivity contribution < 1.29 is 23.8 Å². The first-order valence-corrected chi connectivity index (χ1v) is 6.63. The van der Waals surface area contributed by atoms with Crippen LogP contribution in [0.3, 0.4) is 0 Å². The fourth-order valence-corrected chi connectivity index (χ4v) is 1.90. The molecule has 0 saturated carbocycles. The Kier molecular flexibility index (Phi) is 5.14. The lowest BCUT2D eigenvalue weighted by atomic mass is 10.1. The van der Waals surface area contributed by atoms with Crippen LogP contribution in [0.25, 0.3) is 0 Å². The van der Waals surface area contributed by atoms with E-state index in [9.17, 15) is 9.59 Å². The Hall–Kier alpha value is -2.82. The van der Waals surface area contributed by atoms with Crippen molar-refractivity contribution in [2.24, 2.45) is 0 Å². The molecule has 2 aromatic rings. The maximum atomic E-state index is 12.1. The third kappa shape index (κ3) is 3.63. The molecule has 5 heteroatoms. The zero-order valence-electron chi connectivity index (χ0n) is 12.4. The van der Waals surface area contributed by atoms with E-state index in [1.54, 1.807) is 43.5 Å². The molecule has 0 bridgehead atoms. The highest BCUT2D eigenvalue weighted by molar-refractivity contribution is 6.03. The summed E-state index contributed by atoms with van der Waals surface area (Å²) >= 11 is 0. The van der Waals surface area contributed by atoms with Gasteiger partial charge in [-0.15, -0.1) is 0 Å². The number of ether oxygens (including phenoxy) is 3.